The molecule has 25 heavy (non-hydrogen) atoms. The molecular weight excluding hydrogens is 337 g/mol. The van der Waals surface area contributed by atoms with E-state index in [-0.39, 0.29) is 5.82 Å². The smallest absolute Gasteiger partial charge is 0.244 e. The van der Waals surface area contributed by atoms with Crippen LogP contribution >= 0.6 is 0 Å². The van der Waals surface area contributed by atoms with Gasteiger partial charge >= 0.3 is 0 Å². The summed E-state index contributed by atoms with van der Waals surface area (Å²) in [5.41, 5.74) is 0.496. The molecule has 0 aliphatic carbocycles. The van der Waals surface area contributed by atoms with Crippen molar-refractivity contribution < 1.29 is 18.3 Å². The number of nitrogens with zero attached hydrogens (tertiary/aromatic N) is 1. The summed E-state index contributed by atoms with van der Waals surface area (Å²) in [6, 6.07) is 11.4. The maximum Gasteiger partial charge on any atom is 0.244 e. The molecule has 0 unspecified atom stereocenters. The molecule has 0 aliphatic heterocycles. The summed E-state index contributed by atoms with van der Waals surface area (Å²) >= 11 is 0. The maximum atomic E-state index is 13.6. The van der Waals surface area contributed by atoms with E-state index < -0.39 is 8.32 Å². The molecule has 2 rings (SSSR count). The molecule has 0 bridgehead atoms. The molecule has 0 heterocycles. The first kappa shape index (κ1) is 18.7. The highest BCUT2D eigenvalue weighted by atomic mass is 28.4. The zero-order valence-electron chi connectivity index (χ0n) is 14.9. The minimum Gasteiger partial charge on any atom is -0.532 e. The topological polar surface area (TPSA) is 40.0 Å². The fourth-order valence-electron chi connectivity index (χ4n) is 2.01. The third-order valence-electron chi connectivity index (χ3n) is 3.03. The van der Waals surface area contributed by atoms with E-state index in [2.05, 4.69) is 11.6 Å². The van der Waals surface area contributed by atoms with E-state index in [1.54, 1.807) is 37.4 Å². The Morgan fingerprint density at radius 3 is 2.32 bits per heavy atom. The highest BCUT2D eigenvalue weighted by Crippen LogP contribution is 2.27. The van der Waals surface area contributed by atoms with E-state index in [1.807, 2.05) is 19.6 Å². The van der Waals surface area contributed by atoms with Crippen LogP contribution in [0.2, 0.25) is 19.6 Å². The predicted molar refractivity (Wildman–Crippen MR) is 101 cm³/mol. The molecule has 0 N–H and O–H groups in total. The van der Waals surface area contributed by atoms with Crippen LogP contribution < -0.4 is 9.47 Å². The van der Waals surface area contributed by atoms with Gasteiger partial charge in [-0.1, -0.05) is 0 Å². The van der Waals surface area contributed by atoms with Gasteiger partial charge in [-0.05, 0) is 68.7 Å². The largest absolute Gasteiger partial charge is 0.532 e. The minimum atomic E-state index is -1.78. The molecule has 0 atom stereocenters. The van der Waals surface area contributed by atoms with E-state index in [0.29, 0.717) is 22.9 Å². The van der Waals surface area contributed by atoms with Crippen molar-refractivity contribution in [2.24, 2.45) is 4.99 Å². The SMILES string of the molecule is C=C(N=Cc1cc(F)ccc1Oc1ccc(OC)cc1)O[Si](C)(C)C. The highest BCUT2D eigenvalue weighted by molar-refractivity contribution is 6.70. The van der Waals surface area contributed by atoms with E-state index in [4.69, 9.17) is 13.9 Å². The zero-order chi connectivity index (χ0) is 18.4. The molecule has 0 saturated heterocycles. The number of ether oxygens (including phenoxy) is 2. The van der Waals surface area contributed by atoms with Gasteiger partial charge in [0.05, 0.1) is 7.11 Å². The van der Waals surface area contributed by atoms with Gasteiger partial charge in [0.15, 0.2) is 5.88 Å². The minimum absolute atomic E-state index is 0.304. The Morgan fingerprint density at radius 1 is 1.08 bits per heavy atom. The van der Waals surface area contributed by atoms with Crippen LogP contribution in [0.15, 0.2) is 59.9 Å². The lowest BCUT2D eigenvalue weighted by atomic mass is 10.2. The highest BCUT2D eigenvalue weighted by Gasteiger charge is 2.16. The van der Waals surface area contributed by atoms with Crippen LogP contribution in [-0.2, 0) is 4.43 Å². The van der Waals surface area contributed by atoms with E-state index in [9.17, 15) is 4.39 Å². The number of methoxy groups -OCH3 is 1. The van der Waals surface area contributed by atoms with Gasteiger partial charge in [-0.15, -0.1) is 0 Å². The summed E-state index contributed by atoms with van der Waals surface area (Å²) < 4.78 is 30.2. The Hall–Kier alpha value is -2.60. The summed E-state index contributed by atoms with van der Waals surface area (Å²) in [6.45, 7) is 9.88. The van der Waals surface area contributed by atoms with E-state index in [1.165, 1.54) is 18.3 Å². The summed E-state index contributed by atoms with van der Waals surface area (Å²) in [4.78, 5) is 4.18. The lowest BCUT2D eigenvalue weighted by Gasteiger charge is -2.18. The van der Waals surface area contributed by atoms with Crippen LogP contribution in [0.4, 0.5) is 4.39 Å². The molecule has 0 fully saturated rings. The van der Waals surface area contributed by atoms with Crippen molar-refractivity contribution in [1.29, 1.82) is 0 Å². The molecule has 0 saturated carbocycles. The molecule has 2 aromatic rings. The van der Waals surface area contributed by atoms with Crippen LogP contribution in [0.1, 0.15) is 5.56 Å². The van der Waals surface area contributed by atoms with Crippen molar-refractivity contribution in [3.8, 4) is 17.2 Å². The molecule has 2 aromatic carbocycles. The summed E-state index contributed by atoms with van der Waals surface area (Å²) in [5, 5.41) is 0. The van der Waals surface area contributed by atoms with Crippen LogP contribution in [0.3, 0.4) is 0 Å². The van der Waals surface area contributed by atoms with Gasteiger partial charge in [0.1, 0.15) is 23.1 Å². The Bertz CT molecular complexity index is 767. The van der Waals surface area contributed by atoms with Crippen LogP contribution in [0.5, 0.6) is 17.2 Å². The first-order valence-electron chi connectivity index (χ1n) is 7.80. The monoisotopic (exact) mass is 359 g/mol. The molecule has 6 heteroatoms. The average molecular weight is 359 g/mol. The summed E-state index contributed by atoms with van der Waals surface area (Å²) in [5.74, 6) is 1.75. The lowest BCUT2D eigenvalue weighted by Crippen LogP contribution is -2.24. The van der Waals surface area contributed by atoms with Crippen molar-refractivity contribution >= 4 is 14.5 Å². The molecule has 0 aliphatic rings. The quantitative estimate of drug-likeness (QED) is 0.379. The molecule has 0 aromatic heterocycles. The molecule has 4 nitrogen and oxygen atoms in total. The predicted octanol–water partition coefficient (Wildman–Crippen LogP) is 5.37. The molecule has 0 spiro atoms. The Balaban J connectivity index is 2.20. The second kappa shape index (κ2) is 7.98. The van der Waals surface area contributed by atoms with E-state index >= 15 is 0 Å². The van der Waals surface area contributed by atoms with Gasteiger partial charge in [0.2, 0.25) is 8.32 Å². The van der Waals surface area contributed by atoms with Crippen molar-refractivity contribution in [2.75, 3.05) is 7.11 Å². The number of rotatable bonds is 7. The molecular formula is C19H22FNO3Si. The van der Waals surface area contributed by atoms with E-state index in [0.717, 1.165) is 5.75 Å². The van der Waals surface area contributed by atoms with Gasteiger partial charge in [0, 0.05) is 11.8 Å². The molecule has 132 valence electrons. The number of aliphatic imine (C=N–C) groups is 1. The second-order valence-corrected chi connectivity index (χ2v) is 10.8. The third kappa shape index (κ3) is 6.08. The van der Waals surface area contributed by atoms with Gasteiger partial charge < -0.3 is 13.9 Å². The van der Waals surface area contributed by atoms with Crippen molar-refractivity contribution in [3.05, 3.63) is 66.3 Å². The summed E-state index contributed by atoms with van der Waals surface area (Å²) in [6.07, 6.45) is 1.49. The summed E-state index contributed by atoms with van der Waals surface area (Å²) in [7, 11) is -0.186. The lowest BCUT2D eigenvalue weighted by molar-refractivity contribution is 0.412. The molecule has 0 radical (unpaired) electrons. The fourth-order valence-corrected chi connectivity index (χ4v) is 2.76. The van der Waals surface area contributed by atoms with Crippen molar-refractivity contribution in [2.45, 2.75) is 19.6 Å². The van der Waals surface area contributed by atoms with Crippen molar-refractivity contribution in [1.82, 2.24) is 0 Å². The maximum absolute atomic E-state index is 13.6. The Labute approximate surface area is 148 Å². The first-order valence-corrected chi connectivity index (χ1v) is 11.2. The van der Waals surface area contributed by atoms with Crippen molar-refractivity contribution in [3.63, 3.8) is 0 Å². The fraction of sp³-hybridized carbons (Fsp3) is 0.211. The standard InChI is InChI=1S/C19H22FNO3Si/c1-14(24-25(3,4)5)21-13-15-12-16(20)6-11-19(15)23-18-9-7-17(22-2)8-10-18/h6-13H,1H2,2-5H3. The Kier molecular flexibility index (Phi) is 5.98. The number of benzene rings is 2. The number of halogens is 1. The van der Waals surface area contributed by atoms with Gasteiger partial charge in [0.25, 0.3) is 0 Å². The average Bonchev–Trinajstić information content (AvgIpc) is 2.54. The van der Waals surface area contributed by atoms with Gasteiger partial charge in [-0.25, -0.2) is 9.38 Å². The second-order valence-electron chi connectivity index (χ2n) is 6.33. The third-order valence-corrected chi connectivity index (χ3v) is 3.88. The normalized spacial score (nSPS) is 11.4. The van der Waals surface area contributed by atoms with Gasteiger partial charge in [-0.2, -0.15) is 0 Å². The first-order chi connectivity index (χ1) is 11.8. The Morgan fingerprint density at radius 2 is 1.72 bits per heavy atom. The number of hydrogen-bond acceptors (Lipinski definition) is 4. The van der Waals surface area contributed by atoms with Crippen LogP contribution in [-0.4, -0.2) is 21.6 Å². The molecule has 0 amide bonds. The zero-order valence-corrected chi connectivity index (χ0v) is 15.9. The van der Waals surface area contributed by atoms with Crippen LogP contribution in [0, 0.1) is 5.82 Å². The number of hydrogen-bond donors (Lipinski definition) is 0. The van der Waals surface area contributed by atoms with Gasteiger partial charge in [-0.3, -0.25) is 0 Å². The van der Waals surface area contributed by atoms with Crippen LogP contribution in [0.25, 0.3) is 0 Å².